The van der Waals surface area contributed by atoms with E-state index < -0.39 is 6.10 Å². The molecule has 0 radical (unpaired) electrons. The van der Waals surface area contributed by atoms with E-state index in [4.69, 9.17) is 28.4 Å². The molecule has 4 aromatic carbocycles. The third-order valence-electron chi connectivity index (χ3n) is 9.37. The third kappa shape index (κ3) is 13.4. The first-order chi connectivity index (χ1) is 25.5. The zero-order valence-electron chi connectivity index (χ0n) is 33.2. The Morgan fingerprint density at radius 3 is 0.981 bits per heavy atom. The highest BCUT2D eigenvalue weighted by atomic mass is 16.6. The summed E-state index contributed by atoms with van der Waals surface area (Å²) in [5, 5.41) is 10.5. The van der Waals surface area contributed by atoms with Gasteiger partial charge in [-0.1, -0.05) is 123 Å². The topological polar surface area (TPSA) is 82.2 Å². The Morgan fingerprint density at radius 1 is 0.509 bits per heavy atom. The lowest BCUT2D eigenvalue weighted by atomic mass is 9.78. The molecule has 0 spiro atoms. The average Bonchev–Trinajstić information content (AvgIpc) is 4.12. The van der Waals surface area contributed by atoms with Gasteiger partial charge >= 0.3 is 0 Å². The van der Waals surface area contributed by atoms with Gasteiger partial charge < -0.3 is 33.5 Å². The summed E-state index contributed by atoms with van der Waals surface area (Å²) in [6.07, 6.45) is 3.60. The largest absolute Gasteiger partial charge is 0.491 e. The predicted molar refractivity (Wildman–Crippen MR) is 214 cm³/mol. The number of aliphatic hydroxyl groups is 1. The number of benzene rings is 4. The highest BCUT2D eigenvalue weighted by Crippen LogP contribution is 2.35. The summed E-state index contributed by atoms with van der Waals surface area (Å²) in [5.41, 5.74) is 4.33. The van der Waals surface area contributed by atoms with E-state index in [2.05, 4.69) is 104 Å². The van der Waals surface area contributed by atoms with Crippen molar-refractivity contribution >= 4 is 0 Å². The molecule has 6 rings (SSSR count). The quantitative estimate of drug-likeness (QED) is 0.109. The molecular formula is C46H62O7. The van der Waals surface area contributed by atoms with Gasteiger partial charge in [-0.25, -0.2) is 0 Å². The average molecular weight is 727 g/mol. The van der Waals surface area contributed by atoms with Crippen molar-refractivity contribution < 1.29 is 33.5 Å². The molecular weight excluding hydrogens is 664 g/mol. The smallest absolute Gasteiger partial charge is 0.122 e. The van der Waals surface area contributed by atoms with E-state index in [9.17, 15) is 5.11 Å². The van der Waals surface area contributed by atoms with Crippen LogP contribution in [0.5, 0.6) is 23.0 Å². The maximum atomic E-state index is 10.5. The molecule has 7 heteroatoms. The van der Waals surface area contributed by atoms with Crippen LogP contribution in [0.4, 0.5) is 0 Å². The Morgan fingerprint density at radius 2 is 0.755 bits per heavy atom. The van der Waals surface area contributed by atoms with Crippen molar-refractivity contribution in [1.29, 1.82) is 0 Å². The summed E-state index contributed by atoms with van der Waals surface area (Å²) < 4.78 is 33.7. The van der Waals surface area contributed by atoms with Crippen molar-refractivity contribution in [2.75, 3.05) is 39.6 Å². The fourth-order valence-corrected chi connectivity index (χ4v) is 5.34. The molecule has 0 saturated carbocycles. The van der Waals surface area contributed by atoms with Gasteiger partial charge in [0.15, 0.2) is 0 Å². The Labute approximate surface area is 318 Å². The molecule has 2 unspecified atom stereocenters. The van der Waals surface area contributed by atoms with Crippen LogP contribution in [0.1, 0.15) is 96.9 Å². The van der Waals surface area contributed by atoms with Gasteiger partial charge in [0, 0.05) is 10.8 Å². The lowest BCUT2D eigenvalue weighted by molar-refractivity contribution is 0.0626. The summed E-state index contributed by atoms with van der Waals surface area (Å²) in [6, 6.07) is 32.6. The van der Waals surface area contributed by atoms with Crippen molar-refractivity contribution in [3.63, 3.8) is 0 Å². The number of unbranched alkanes of at least 4 members (excludes halogenated alkanes) is 1. The van der Waals surface area contributed by atoms with Crippen LogP contribution in [0.25, 0.3) is 0 Å². The van der Waals surface area contributed by atoms with Crippen LogP contribution >= 0.6 is 0 Å². The van der Waals surface area contributed by atoms with Gasteiger partial charge in [-0.3, -0.25) is 0 Å². The summed E-state index contributed by atoms with van der Waals surface area (Å²) in [4.78, 5) is 0. The second-order valence-corrected chi connectivity index (χ2v) is 14.9. The van der Waals surface area contributed by atoms with E-state index in [-0.39, 0.29) is 36.3 Å². The predicted octanol–water partition coefficient (Wildman–Crippen LogP) is 9.93. The molecule has 2 heterocycles. The first kappa shape index (κ1) is 41.7. The minimum absolute atomic E-state index is 0.134. The monoisotopic (exact) mass is 726 g/mol. The zero-order valence-corrected chi connectivity index (χ0v) is 33.2. The number of ether oxygens (including phenoxy) is 6. The molecule has 2 atom stereocenters. The highest BCUT2D eigenvalue weighted by molar-refractivity contribution is 5.43. The van der Waals surface area contributed by atoms with Gasteiger partial charge in [-0.2, -0.15) is 0 Å². The molecule has 4 aromatic rings. The van der Waals surface area contributed by atoms with Crippen molar-refractivity contribution in [3.8, 4) is 23.0 Å². The molecule has 0 aliphatic carbocycles. The first-order valence-corrected chi connectivity index (χ1v) is 19.3. The van der Waals surface area contributed by atoms with Gasteiger partial charge in [-0.15, -0.1) is 0 Å². The second-order valence-electron chi connectivity index (χ2n) is 14.9. The lowest BCUT2D eigenvalue weighted by Gasteiger charge is -2.26. The Balaban J connectivity index is 0.000000827. The maximum absolute atomic E-state index is 10.5. The van der Waals surface area contributed by atoms with Crippen LogP contribution < -0.4 is 18.9 Å². The molecule has 0 aromatic heterocycles. The Hall–Kier alpha value is -4.04. The van der Waals surface area contributed by atoms with Gasteiger partial charge in [0.1, 0.15) is 67.7 Å². The minimum Gasteiger partial charge on any atom is -0.491 e. The molecule has 2 fully saturated rings. The van der Waals surface area contributed by atoms with Crippen LogP contribution in [-0.4, -0.2) is 63.1 Å². The van der Waals surface area contributed by atoms with E-state index >= 15 is 0 Å². The number of epoxide rings is 2. The van der Waals surface area contributed by atoms with Crippen molar-refractivity contribution in [1.82, 2.24) is 0 Å². The zero-order chi connectivity index (χ0) is 38.3. The first-order valence-electron chi connectivity index (χ1n) is 19.3. The van der Waals surface area contributed by atoms with Crippen LogP contribution in [0.3, 0.4) is 0 Å². The summed E-state index contributed by atoms with van der Waals surface area (Å²) in [6.45, 7) is 20.4. The Bertz CT molecular complexity index is 1470. The molecule has 288 valence electrons. The number of hydrogen-bond donors (Lipinski definition) is 1. The van der Waals surface area contributed by atoms with Crippen LogP contribution in [0, 0.1) is 0 Å². The number of aliphatic hydroxyl groups excluding tert-OH is 1. The van der Waals surface area contributed by atoms with Crippen molar-refractivity contribution in [2.45, 2.75) is 104 Å². The van der Waals surface area contributed by atoms with E-state index in [0.717, 1.165) is 24.7 Å². The number of rotatable bonds is 17. The van der Waals surface area contributed by atoms with E-state index in [1.807, 2.05) is 48.5 Å². The standard InChI is InChI=1S/C39H44O7.C4H10.C3H8/c1-38(2,29-9-17-34(18-10-29)43-23-36-25-45-36)27-5-13-32(14-6-27)41-21-31(40)22-42-33-15-7-28(8-16-33)39(3,4)30-11-19-35(20-12-30)44-24-37-26-46-37;1-3-4-2;1-3-2/h5-20,31,36-37,40H,21-26H2,1-4H3;3-4H2,1-2H3;3H2,1-2H3. The molecule has 2 aliphatic heterocycles. The van der Waals surface area contributed by atoms with Crippen molar-refractivity contribution in [2.24, 2.45) is 0 Å². The molecule has 0 amide bonds. The van der Waals surface area contributed by atoms with Crippen LogP contribution in [-0.2, 0) is 20.3 Å². The summed E-state index contributed by atoms with van der Waals surface area (Å²) in [7, 11) is 0. The van der Waals surface area contributed by atoms with Crippen molar-refractivity contribution in [3.05, 3.63) is 119 Å². The van der Waals surface area contributed by atoms with Gasteiger partial charge in [0.25, 0.3) is 0 Å². The van der Waals surface area contributed by atoms with Crippen LogP contribution in [0.15, 0.2) is 97.1 Å². The van der Waals surface area contributed by atoms with E-state index in [1.165, 1.54) is 41.5 Å². The molecule has 2 aliphatic rings. The maximum Gasteiger partial charge on any atom is 0.122 e. The minimum atomic E-state index is -0.772. The van der Waals surface area contributed by atoms with Gasteiger partial charge in [0.2, 0.25) is 0 Å². The fraction of sp³-hybridized carbons (Fsp3) is 0.478. The second kappa shape index (κ2) is 20.4. The summed E-state index contributed by atoms with van der Waals surface area (Å²) >= 11 is 0. The van der Waals surface area contributed by atoms with Gasteiger partial charge in [0.05, 0.1) is 13.2 Å². The fourth-order valence-electron chi connectivity index (χ4n) is 5.34. The highest BCUT2D eigenvalue weighted by Gasteiger charge is 2.26. The van der Waals surface area contributed by atoms with Crippen LogP contribution in [0.2, 0.25) is 0 Å². The van der Waals surface area contributed by atoms with E-state index in [0.29, 0.717) is 24.7 Å². The summed E-state index contributed by atoms with van der Waals surface area (Å²) in [5.74, 6) is 3.11. The lowest BCUT2D eigenvalue weighted by Crippen LogP contribution is -2.25. The molecule has 2 saturated heterocycles. The third-order valence-corrected chi connectivity index (χ3v) is 9.37. The van der Waals surface area contributed by atoms with E-state index in [1.54, 1.807) is 0 Å². The molecule has 0 bridgehead atoms. The molecule has 1 N–H and O–H groups in total. The molecule has 7 nitrogen and oxygen atoms in total. The number of hydrogen-bond acceptors (Lipinski definition) is 7. The molecule has 53 heavy (non-hydrogen) atoms. The SMILES string of the molecule is CC(C)(c1ccc(OCC(O)COc2ccc(C(C)(C)c3ccc(OCC4CO4)cc3)cc2)cc1)c1ccc(OCC2CO2)cc1.CCC.CCCC. The van der Waals surface area contributed by atoms with Gasteiger partial charge in [-0.05, 0) is 70.8 Å². The Kier molecular flexibility index (Phi) is 16.1. The normalized spacial score (nSPS) is 16.5.